The summed E-state index contributed by atoms with van der Waals surface area (Å²) in [6, 6.07) is 8.74. The van der Waals surface area contributed by atoms with E-state index in [2.05, 4.69) is 20.8 Å². The summed E-state index contributed by atoms with van der Waals surface area (Å²) in [5, 5.41) is 13.6. The summed E-state index contributed by atoms with van der Waals surface area (Å²) >= 11 is 2.56. The predicted molar refractivity (Wildman–Crippen MR) is 97.6 cm³/mol. The summed E-state index contributed by atoms with van der Waals surface area (Å²) < 4.78 is 0.644. The molecule has 0 bridgehead atoms. The van der Waals surface area contributed by atoms with Gasteiger partial charge in [0.05, 0.1) is 5.75 Å². The fraction of sp³-hybridized carbons (Fsp3) is 0.333. The van der Waals surface area contributed by atoms with Crippen LogP contribution < -0.4 is 10.6 Å². The summed E-state index contributed by atoms with van der Waals surface area (Å²) in [5.41, 5.74) is 0.693. The second kappa shape index (κ2) is 9.24. The molecule has 1 heterocycles. The molecule has 0 fully saturated rings. The van der Waals surface area contributed by atoms with Gasteiger partial charge in [0.15, 0.2) is 4.34 Å². The number of carbonyl (C=O) groups excluding carboxylic acids is 2. The molecule has 3 amide bonds. The summed E-state index contributed by atoms with van der Waals surface area (Å²) in [4.78, 5) is 25.6. The Hall–Kier alpha value is -2.13. The molecule has 0 spiro atoms. The smallest absolute Gasteiger partial charge is 0.325 e. The van der Waals surface area contributed by atoms with Gasteiger partial charge in [-0.1, -0.05) is 41.3 Å². The van der Waals surface area contributed by atoms with Crippen LogP contribution in [-0.2, 0) is 4.79 Å². The molecule has 0 atom stereocenters. The van der Waals surface area contributed by atoms with Crippen LogP contribution in [0.4, 0.5) is 15.6 Å². The van der Waals surface area contributed by atoms with Crippen molar-refractivity contribution in [3.05, 3.63) is 30.3 Å². The maximum Gasteiger partial charge on any atom is 0.325 e. The molecular formula is C15H19N5O2S2. The summed E-state index contributed by atoms with van der Waals surface area (Å²) in [6.45, 7) is 5.28. The maximum atomic E-state index is 11.9. The highest BCUT2D eigenvalue weighted by Gasteiger charge is 2.13. The first-order valence-corrected chi connectivity index (χ1v) is 9.29. The van der Waals surface area contributed by atoms with Crippen LogP contribution in [0.25, 0.3) is 0 Å². The summed E-state index contributed by atoms with van der Waals surface area (Å²) in [6.07, 6.45) is 0. The van der Waals surface area contributed by atoms with Crippen molar-refractivity contribution in [2.75, 3.05) is 29.5 Å². The molecule has 1 aromatic heterocycles. The fourth-order valence-electron chi connectivity index (χ4n) is 1.89. The van der Waals surface area contributed by atoms with Gasteiger partial charge < -0.3 is 10.2 Å². The Morgan fingerprint density at radius 3 is 2.50 bits per heavy atom. The van der Waals surface area contributed by atoms with E-state index in [-0.39, 0.29) is 11.9 Å². The van der Waals surface area contributed by atoms with Crippen molar-refractivity contribution in [2.24, 2.45) is 0 Å². The van der Waals surface area contributed by atoms with Gasteiger partial charge >= 0.3 is 6.03 Å². The number of hydrogen-bond acceptors (Lipinski definition) is 6. The van der Waals surface area contributed by atoms with Crippen LogP contribution in [0.5, 0.6) is 0 Å². The van der Waals surface area contributed by atoms with E-state index in [1.165, 1.54) is 23.1 Å². The van der Waals surface area contributed by atoms with Gasteiger partial charge in [-0.25, -0.2) is 4.79 Å². The highest BCUT2D eigenvalue weighted by Crippen LogP contribution is 2.25. The number of thioether (sulfide) groups is 1. The number of nitrogens with one attached hydrogen (secondary N) is 2. The first-order valence-electron chi connectivity index (χ1n) is 7.49. The van der Waals surface area contributed by atoms with Crippen LogP contribution in [0, 0.1) is 0 Å². The van der Waals surface area contributed by atoms with E-state index in [1.54, 1.807) is 17.0 Å². The van der Waals surface area contributed by atoms with Crippen molar-refractivity contribution in [1.82, 2.24) is 15.1 Å². The molecule has 24 heavy (non-hydrogen) atoms. The largest absolute Gasteiger partial charge is 0.343 e. The molecule has 0 unspecified atom stereocenters. The average Bonchev–Trinajstić information content (AvgIpc) is 3.02. The second-order valence-electron chi connectivity index (χ2n) is 4.67. The lowest BCUT2D eigenvalue weighted by atomic mass is 10.3. The highest BCUT2D eigenvalue weighted by atomic mass is 32.2. The van der Waals surface area contributed by atoms with Gasteiger partial charge in [-0.15, -0.1) is 10.2 Å². The van der Waals surface area contributed by atoms with Crippen LogP contribution in [0.1, 0.15) is 13.8 Å². The number of rotatable bonds is 7. The first kappa shape index (κ1) is 18.2. The molecule has 0 aliphatic carbocycles. The molecule has 0 aliphatic rings. The third-order valence-corrected chi connectivity index (χ3v) is 5.05. The number of benzene rings is 1. The van der Waals surface area contributed by atoms with E-state index in [9.17, 15) is 9.59 Å². The predicted octanol–water partition coefficient (Wildman–Crippen LogP) is 3.14. The number of urea groups is 1. The number of hydrogen-bond donors (Lipinski definition) is 2. The Kier molecular flexibility index (Phi) is 7.01. The molecule has 1 aromatic carbocycles. The minimum absolute atomic E-state index is 0.0662. The monoisotopic (exact) mass is 365 g/mol. The van der Waals surface area contributed by atoms with Crippen molar-refractivity contribution in [3.63, 3.8) is 0 Å². The molecule has 7 nitrogen and oxygen atoms in total. The maximum absolute atomic E-state index is 11.9. The lowest BCUT2D eigenvalue weighted by Crippen LogP contribution is -2.31. The molecular weight excluding hydrogens is 346 g/mol. The zero-order valence-electron chi connectivity index (χ0n) is 13.5. The van der Waals surface area contributed by atoms with E-state index in [0.717, 1.165) is 0 Å². The van der Waals surface area contributed by atoms with Crippen molar-refractivity contribution in [2.45, 2.75) is 18.2 Å². The molecule has 0 aliphatic heterocycles. The number of para-hydroxylation sites is 1. The minimum atomic E-state index is -0.381. The third kappa shape index (κ3) is 5.50. The van der Waals surface area contributed by atoms with E-state index in [1.807, 2.05) is 32.0 Å². The van der Waals surface area contributed by atoms with E-state index in [4.69, 9.17) is 0 Å². The zero-order chi connectivity index (χ0) is 17.4. The van der Waals surface area contributed by atoms with Crippen molar-refractivity contribution < 1.29 is 9.59 Å². The average molecular weight is 365 g/mol. The van der Waals surface area contributed by atoms with Crippen molar-refractivity contribution in [1.29, 1.82) is 0 Å². The van der Waals surface area contributed by atoms with Crippen LogP contribution in [0.3, 0.4) is 0 Å². The standard InChI is InChI=1S/C15H19N5O2S2/c1-3-20(4-2)12(21)10-23-15-19-18-14(24-15)17-13(22)16-11-8-6-5-7-9-11/h5-9H,3-4,10H2,1-2H3,(H2,16,17,18,22). The molecule has 2 aromatic rings. The minimum Gasteiger partial charge on any atom is -0.343 e. The Labute approximate surface area is 148 Å². The normalized spacial score (nSPS) is 10.2. The van der Waals surface area contributed by atoms with Gasteiger partial charge in [0.25, 0.3) is 0 Å². The Morgan fingerprint density at radius 2 is 1.83 bits per heavy atom. The zero-order valence-corrected chi connectivity index (χ0v) is 15.1. The molecule has 128 valence electrons. The molecule has 2 rings (SSSR count). The molecule has 2 N–H and O–H groups in total. The fourth-order valence-corrected chi connectivity index (χ4v) is 3.54. The summed E-state index contributed by atoms with van der Waals surface area (Å²) in [5.74, 6) is 0.378. The van der Waals surface area contributed by atoms with E-state index < -0.39 is 0 Å². The van der Waals surface area contributed by atoms with Gasteiger partial charge in [-0.2, -0.15) is 0 Å². The van der Waals surface area contributed by atoms with Gasteiger partial charge in [0.1, 0.15) is 0 Å². The second-order valence-corrected chi connectivity index (χ2v) is 6.87. The van der Waals surface area contributed by atoms with Crippen molar-refractivity contribution >= 4 is 45.9 Å². The Balaban J connectivity index is 1.82. The lowest BCUT2D eigenvalue weighted by Gasteiger charge is -2.17. The quantitative estimate of drug-likeness (QED) is 0.581. The van der Waals surface area contributed by atoms with Gasteiger partial charge in [-0.3, -0.25) is 10.1 Å². The SMILES string of the molecule is CCN(CC)C(=O)CSc1nnc(NC(=O)Nc2ccccc2)s1. The third-order valence-electron chi connectivity index (χ3n) is 3.09. The number of anilines is 2. The Morgan fingerprint density at radius 1 is 1.12 bits per heavy atom. The summed E-state index contributed by atoms with van der Waals surface area (Å²) in [7, 11) is 0. The van der Waals surface area contributed by atoms with Crippen LogP contribution in [0.2, 0.25) is 0 Å². The lowest BCUT2D eigenvalue weighted by molar-refractivity contribution is -0.127. The number of amides is 3. The number of aromatic nitrogens is 2. The molecule has 9 heteroatoms. The van der Waals surface area contributed by atoms with E-state index >= 15 is 0 Å². The van der Waals surface area contributed by atoms with Crippen LogP contribution >= 0.6 is 23.1 Å². The number of carbonyl (C=O) groups is 2. The molecule has 0 saturated heterocycles. The molecule has 0 radical (unpaired) electrons. The Bertz CT molecular complexity index is 674. The highest BCUT2D eigenvalue weighted by molar-refractivity contribution is 8.01. The van der Waals surface area contributed by atoms with Crippen molar-refractivity contribution in [3.8, 4) is 0 Å². The van der Waals surface area contributed by atoms with Gasteiger partial charge in [-0.05, 0) is 26.0 Å². The van der Waals surface area contributed by atoms with E-state index in [0.29, 0.717) is 34.0 Å². The van der Waals surface area contributed by atoms with Crippen LogP contribution in [0.15, 0.2) is 34.7 Å². The first-order chi connectivity index (χ1) is 11.6. The van der Waals surface area contributed by atoms with Gasteiger partial charge in [0, 0.05) is 18.8 Å². The van der Waals surface area contributed by atoms with Gasteiger partial charge in [0.2, 0.25) is 11.0 Å². The van der Waals surface area contributed by atoms with Crippen LogP contribution in [-0.4, -0.2) is 45.9 Å². The molecule has 0 saturated carbocycles. The number of nitrogens with zero attached hydrogens (tertiary/aromatic N) is 3. The topological polar surface area (TPSA) is 87.2 Å².